The van der Waals surface area contributed by atoms with E-state index in [-0.39, 0.29) is 12.0 Å². The molecule has 148 valence electrons. The molecule has 0 fully saturated rings. The van der Waals surface area contributed by atoms with E-state index in [9.17, 15) is 13.2 Å². The molecule has 0 spiro atoms. The van der Waals surface area contributed by atoms with Crippen molar-refractivity contribution >= 4 is 5.96 Å². The molecule has 1 aromatic carbocycles. The Balaban J connectivity index is 2.01. The van der Waals surface area contributed by atoms with Crippen LogP contribution in [0.15, 0.2) is 33.8 Å². The van der Waals surface area contributed by atoms with Crippen LogP contribution in [0.25, 0.3) is 0 Å². The normalized spacial score (nSPS) is 14.7. The molecule has 2 rings (SSSR count). The monoisotopic (exact) mass is 382 g/mol. The van der Waals surface area contributed by atoms with Gasteiger partial charge in [0.2, 0.25) is 0 Å². The van der Waals surface area contributed by atoms with Crippen molar-refractivity contribution in [1.82, 2.24) is 15.8 Å². The highest BCUT2D eigenvalue weighted by Gasteiger charge is 2.30. The molecule has 8 heteroatoms. The van der Waals surface area contributed by atoms with Gasteiger partial charge in [-0.1, -0.05) is 24.2 Å². The molecule has 0 bridgehead atoms. The number of aryl methyl sites for hydroxylation is 2. The van der Waals surface area contributed by atoms with Crippen LogP contribution in [0.4, 0.5) is 13.2 Å². The number of halogens is 3. The highest BCUT2D eigenvalue weighted by atomic mass is 19.4. The van der Waals surface area contributed by atoms with Gasteiger partial charge in [-0.2, -0.15) is 13.2 Å². The van der Waals surface area contributed by atoms with Crippen LogP contribution in [-0.4, -0.2) is 24.7 Å². The smallest absolute Gasteiger partial charge is 0.361 e. The molecule has 0 aliphatic rings. The summed E-state index contributed by atoms with van der Waals surface area (Å²) in [5, 5.41) is 10.3. The third-order valence-electron chi connectivity index (χ3n) is 4.45. The molecule has 2 N–H and O–H groups in total. The van der Waals surface area contributed by atoms with Crippen LogP contribution in [-0.2, 0) is 6.18 Å². The first-order valence-electron chi connectivity index (χ1n) is 8.70. The Bertz CT molecular complexity index is 779. The van der Waals surface area contributed by atoms with Crippen molar-refractivity contribution in [3.63, 3.8) is 0 Å². The van der Waals surface area contributed by atoms with E-state index < -0.39 is 11.7 Å². The molecule has 0 aliphatic carbocycles. The van der Waals surface area contributed by atoms with Gasteiger partial charge in [0.1, 0.15) is 5.76 Å². The number of hydrogen-bond acceptors (Lipinski definition) is 3. The summed E-state index contributed by atoms with van der Waals surface area (Å²) in [7, 11) is 1.62. The summed E-state index contributed by atoms with van der Waals surface area (Å²) in [6.45, 7) is 8.18. The Morgan fingerprint density at radius 1 is 1.26 bits per heavy atom. The lowest BCUT2D eigenvalue weighted by atomic mass is 10.00. The largest absolute Gasteiger partial charge is 0.416 e. The predicted octanol–water partition coefficient (Wildman–Crippen LogP) is 4.34. The van der Waals surface area contributed by atoms with Crippen molar-refractivity contribution in [3.05, 3.63) is 52.4 Å². The van der Waals surface area contributed by atoms with Gasteiger partial charge in [0, 0.05) is 25.1 Å². The number of nitrogens with zero attached hydrogens (tertiary/aromatic N) is 2. The van der Waals surface area contributed by atoms with Gasteiger partial charge in [0.25, 0.3) is 0 Å². The Labute approximate surface area is 157 Å². The molecule has 27 heavy (non-hydrogen) atoms. The van der Waals surface area contributed by atoms with Crippen LogP contribution in [0.2, 0.25) is 0 Å². The average Bonchev–Trinajstić information content (AvgIpc) is 2.96. The molecule has 5 nitrogen and oxygen atoms in total. The standard InChI is InChI=1S/C19H25F3N4O/c1-11(17-13(3)26-27-14(17)4)10-24-18(23-5)25-12(2)15-7-6-8-16(9-15)19(20,21)22/h6-9,11-12H,10H2,1-5H3,(H2,23,24,25). The van der Waals surface area contributed by atoms with Crippen molar-refractivity contribution in [2.24, 2.45) is 4.99 Å². The molecule has 0 aliphatic heterocycles. The van der Waals surface area contributed by atoms with Crippen LogP contribution in [0.3, 0.4) is 0 Å². The number of nitrogens with one attached hydrogen (secondary N) is 2. The number of rotatable bonds is 5. The van der Waals surface area contributed by atoms with Crippen molar-refractivity contribution in [1.29, 1.82) is 0 Å². The van der Waals surface area contributed by atoms with Crippen molar-refractivity contribution in [3.8, 4) is 0 Å². The summed E-state index contributed by atoms with van der Waals surface area (Å²) in [5.41, 5.74) is 1.76. The lowest BCUT2D eigenvalue weighted by Gasteiger charge is -2.21. The van der Waals surface area contributed by atoms with Crippen molar-refractivity contribution in [2.75, 3.05) is 13.6 Å². The van der Waals surface area contributed by atoms with E-state index in [0.717, 1.165) is 29.2 Å². The van der Waals surface area contributed by atoms with Gasteiger partial charge in [-0.3, -0.25) is 4.99 Å². The molecule has 0 amide bonds. The fourth-order valence-electron chi connectivity index (χ4n) is 3.01. The lowest BCUT2D eigenvalue weighted by molar-refractivity contribution is -0.137. The number of aliphatic imine (C=N–C) groups is 1. The molecule has 0 radical (unpaired) electrons. The van der Waals surface area contributed by atoms with Crippen LogP contribution in [0.1, 0.15) is 54.0 Å². The fraction of sp³-hybridized carbons (Fsp3) is 0.474. The van der Waals surface area contributed by atoms with Crippen LogP contribution in [0.5, 0.6) is 0 Å². The lowest BCUT2D eigenvalue weighted by Crippen LogP contribution is -2.40. The van der Waals surface area contributed by atoms with Crippen LogP contribution in [0, 0.1) is 13.8 Å². The molecular formula is C19H25F3N4O. The molecular weight excluding hydrogens is 357 g/mol. The molecule has 1 aromatic heterocycles. The van der Waals surface area contributed by atoms with Crippen LogP contribution < -0.4 is 10.6 Å². The third-order valence-corrected chi connectivity index (χ3v) is 4.45. The molecule has 0 saturated heterocycles. The summed E-state index contributed by atoms with van der Waals surface area (Å²) in [6, 6.07) is 4.94. The Morgan fingerprint density at radius 2 is 1.96 bits per heavy atom. The van der Waals surface area contributed by atoms with Gasteiger partial charge in [0.15, 0.2) is 5.96 Å². The minimum atomic E-state index is -4.36. The van der Waals surface area contributed by atoms with Crippen molar-refractivity contribution < 1.29 is 17.7 Å². The predicted molar refractivity (Wildman–Crippen MR) is 98.7 cm³/mol. The number of benzene rings is 1. The van der Waals surface area contributed by atoms with E-state index in [1.807, 2.05) is 20.8 Å². The molecule has 2 unspecified atom stereocenters. The first-order valence-corrected chi connectivity index (χ1v) is 8.70. The molecule has 1 heterocycles. The molecule has 0 saturated carbocycles. The zero-order valence-corrected chi connectivity index (χ0v) is 16.1. The van der Waals surface area contributed by atoms with E-state index in [2.05, 4.69) is 20.8 Å². The zero-order chi connectivity index (χ0) is 20.2. The second kappa shape index (κ2) is 8.45. The summed E-state index contributed by atoms with van der Waals surface area (Å²) in [4.78, 5) is 4.16. The van der Waals surface area contributed by atoms with E-state index in [0.29, 0.717) is 18.1 Å². The van der Waals surface area contributed by atoms with E-state index in [1.54, 1.807) is 20.0 Å². The third kappa shape index (κ3) is 5.24. The highest BCUT2D eigenvalue weighted by molar-refractivity contribution is 5.80. The minimum Gasteiger partial charge on any atom is -0.361 e. The highest BCUT2D eigenvalue weighted by Crippen LogP contribution is 2.30. The Hall–Kier alpha value is -2.51. The number of aromatic nitrogens is 1. The molecule has 2 atom stereocenters. The quantitative estimate of drug-likeness (QED) is 0.597. The summed E-state index contributed by atoms with van der Waals surface area (Å²) < 4.78 is 43.9. The second-order valence-corrected chi connectivity index (χ2v) is 6.58. The van der Waals surface area contributed by atoms with Crippen molar-refractivity contribution in [2.45, 2.75) is 45.8 Å². The van der Waals surface area contributed by atoms with Gasteiger partial charge in [-0.15, -0.1) is 0 Å². The van der Waals surface area contributed by atoms with Crippen LogP contribution >= 0.6 is 0 Å². The number of guanidine groups is 1. The SMILES string of the molecule is CN=C(NCC(C)c1c(C)noc1C)NC(C)c1cccc(C(F)(F)F)c1. The van der Waals surface area contributed by atoms with Gasteiger partial charge in [0.05, 0.1) is 17.3 Å². The van der Waals surface area contributed by atoms with E-state index in [4.69, 9.17) is 4.52 Å². The maximum atomic E-state index is 12.9. The van der Waals surface area contributed by atoms with E-state index >= 15 is 0 Å². The Kier molecular flexibility index (Phi) is 6.51. The first-order chi connectivity index (χ1) is 12.6. The average molecular weight is 382 g/mol. The minimum absolute atomic E-state index is 0.138. The Morgan fingerprint density at radius 3 is 2.52 bits per heavy atom. The number of alkyl halides is 3. The topological polar surface area (TPSA) is 62.5 Å². The first kappa shape index (κ1) is 20.8. The number of hydrogen-bond donors (Lipinski definition) is 2. The fourth-order valence-corrected chi connectivity index (χ4v) is 3.01. The van der Waals surface area contributed by atoms with Gasteiger partial charge in [-0.25, -0.2) is 0 Å². The summed E-state index contributed by atoms with van der Waals surface area (Å²) >= 11 is 0. The maximum absolute atomic E-state index is 12.9. The van der Waals surface area contributed by atoms with Gasteiger partial charge >= 0.3 is 6.18 Å². The maximum Gasteiger partial charge on any atom is 0.416 e. The van der Waals surface area contributed by atoms with E-state index in [1.165, 1.54) is 6.07 Å². The second-order valence-electron chi connectivity index (χ2n) is 6.58. The zero-order valence-electron chi connectivity index (χ0n) is 16.1. The summed E-state index contributed by atoms with van der Waals surface area (Å²) in [5.74, 6) is 1.43. The summed E-state index contributed by atoms with van der Waals surface area (Å²) in [6.07, 6.45) is -4.36. The van der Waals surface area contributed by atoms with Gasteiger partial charge < -0.3 is 15.2 Å². The van der Waals surface area contributed by atoms with Gasteiger partial charge in [-0.05, 0) is 38.5 Å². The molecule has 2 aromatic rings.